The van der Waals surface area contributed by atoms with Crippen LogP contribution in [-0.4, -0.2) is 12.6 Å². The lowest BCUT2D eigenvalue weighted by Gasteiger charge is -2.30. The van der Waals surface area contributed by atoms with Crippen molar-refractivity contribution in [3.05, 3.63) is 0 Å². The predicted molar refractivity (Wildman–Crippen MR) is 59.5 cm³/mol. The van der Waals surface area contributed by atoms with Gasteiger partial charge in [-0.3, -0.25) is 0 Å². The maximum Gasteiger partial charge on any atom is 0.00412 e. The Balaban J connectivity index is 3.92. The van der Waals surface area contributed by atoms with Crippen molar-refractivity contribution < 1.29 is 0 Å². The molecule has 0 aliphatic carbocycles. The summed E-state index contributed by atoms with van der Waals surface area (Å²) in [6.45, 7) is 9.71. The van der Waals surface area contributed by atoms with Crippen molar-refractivity contribution >= 4 is 0 Å². The van der Waals surface area contributed by atoms with Crippen LogP contribution in [0.3, 0.4) is 0 Å². The van der Waals surface area contributed by atoms with Gasteiger partial charge in [0.25, 0.3) is 0 Å². The van der Waals surface area contributed by atoms with E-state index in [0.717, 1.165) is 19.4 Å². The van der Waals surface area contributed by atoms with Crippen LogP contribution in [0.1, 0.15) is 47.0 Å². The highest BCUT2D eigenvalue weighted by molar-refractivity contribution is 4.77. The average Bonchev–Trinajstić information content (AvgIpc) is 2.02. The first-order chi connectivity index (χ1) is 5.91. The Labute approximate surface area is 83.1 Å². The Morgan fingerprint density at radius 3 is 2.15 bits per heavy atom. The van der Waals surface area contributed by atoms with Gasteiger partial charge in [0.1, 0.15) is 0 Å². The van der Waals surface area contributed by atoms with Crippen LogP contribution in [-0.2, 0) is 0 Å². The molecule has 0 bridgehead atoms. The van der Waals surface area contributed by atoms with Crippen molar-refractivity contribution in [2.75, 3.05) is 6.54 Å². The molecule has 4 N–H and O–H groups in total. The molecule has 0 radical (unpaired) electrons. The zero-order valence-corrected chi connectivity index (χ0v) is 9.64. The quantitative estimate of drug-likeness (QED) is 0.667. The highest BCUT2D eigenvalue weighted by Gasteiger charge is 2.22. The van der Waals surface area contributed by atoms with E-state index >= 15 is 0 Å². The van der Waals surface area contributed by atoms with E-state index in [1.165, 1.54) is 6.42 Å². The third kappa shape index (κ3) is 6.05. The van der Waals surface area contributed by atoms with E-state index < -0.39 is 0 Å². The summed E-state index contributed by atoms with van der Waals surface area (Å²) in [5.74, 6) is 0.610. The van der Waals surface area contributed by atoms with Crippen LogP contribution in [0.25, 0.3) is 0 Å². The van der Waals surface area contributed by atoms with Gasteiger partial charge < -0.3 is 11.5 Å². The van der Waals surface area contributed by atoms with E-state index in [2.05, 4.69) is 27.7 Å². The Hall–Kier alpha value is -0.0800. The van der Waals surface area contributed by atoms with E-state index in [4.69, 9.17) is 11.5 Å². The molecule has 2 atom stereocenters. The van der Waals surface area contributed by atoms with Gasteiger partial charge in [-0.2, -0.15) is 0 Å². The van der Waals surface area contributed by atoms with Crippen molar-refractivity contribution in [3.63, 3.8) is 0 Å². The Morgan fingerprint density at radius 2 is 1.77 bits per heavy atom. The van der Waals surface area contributed by atoms with Crippen LogP contribution < -0.4 is 11.5 Å². The molecule has 0 fully saturated rings. The number of hydrogen-bond donors (Lipinski definition) is 2. The smallest absolute Gasteiger partial charge is 0.00412 e. The molecule has 0 aromatic heterocycles. The van der Waals surface area contributed by atoms with Gasteiger partial charge in [-0.15, -0.1) is 0 Å². The second-order valence-corrected chi connectivity index (χ2v) is 5.08. The molecular formula is C11H26N2. The predicted octanol–water partition coefficient (Wildman–Crippen LogP) is 2.12. The molecule has 0 aromatic carbocycles. The molecule has 2 nitrogen and oxygen atoms in total. The van der Waals surface area contributed by atoms with Gasteiger partial charge in [0.15, 0.2) is 0 Å². The van der Waals surface area contributed by atoms with Crippen molar-refractivity contribution in [2.24, 2.45) is 22.8 Å². The van der Waals surface area contributed by atoms with Gasteiger partial charge in [0.2, 0.25) is 0 Å². The van der Waals surface area contributed by atoms with Crippen molar-refractivity contribution in [2.45, 2.75) is 53.0 Å². The lowest BCUT2D eigenvalue weighted by molar-refractivity contribution is 0.239. The van der Waals surface area contributed by atoms with Crippen molar-refractivity contribution in [1.82, 2.24) is 0 Å². The first-order valence-electron chi connectivity index (χ1n) is 5.37. The maximum absolute atomic E-state index is 5.95. The first kappa shape index (κ1) is 12.9. The van der Waals surface area contributed by atoms with Crippen LogP contribution in [0.15, 0.2) is 0 Å². The van der Waals surface area contributed by atoms with Gasteiger partial charge in [0, 0.05) is 6.04 Å². The number of hydrogen-bond acceptors (Lipinski definition) is 2. The maximum atomic E-state index is 5.95. The summed E-state index contributed by atoms with van der Waals surface area (Å²) in [6.07, 6.45) is 3.35. The van der Waals surface area contributed by atoms with E-state index in [0.29, 0.717) is 17.4 Å². The third-order valence-corrected chi connectivity index (χ3v) is 2.64. The molecule has 2 unspecified atom stereocenters. The summed E-state index contributed by atoms with van der Waals surface area (Å²) in [7, 11) is 0. The van der Waals surface area contributed by atoms with E-state index in [1.807, 2.05) is 0 Å². The largest absolute Gasteiger partial charge is 0.330 e. The molecule has 0 amide bonds. The van der Waals surface area contributed by atoms with Gasteiger partial charge in [-0.25, -0.2) is 0 Å². The number of nitrogens with two attached hydrogens (primary N) is 2. The highest BCUT2D eigenvalue weighted by Crippen LogP contribution is 2.30. The molecule has 0 saturated carbocycles. The van der Waals surface area contributed by atoms with E-state index in [-0.39, 0.29) is 0 Å². The molecule has 0 spiro atoms. The van der Waals surface area contributed by atoms with Crippen LogP contribution in [0.4, 0.5) is 0 Å². The lowest BCUT2D eigenvalue weighted by Crippen LogP contribution is -2.29. The highest BCUT2D eigenvalue weighted by atomic mass is 14.6. The van der Waals surface area contributed by atoms with E-state index in [1.54, 1.807) is 0 Å². The summed E-state index contributed by atoms with van der Waals surface area (Å²) < 4.78 is 0. The third-order valence-electron chi connectivity index (χ3n) is 2.64. The minimum atomic E-state index is 0.341. The Morgan fingerprint density at radius 1 is 1.23 bits per heavy atom. The molecule has 0 aromatic rings. The molecule has 0 heterocycles. The first-order valence-corrected chi connectivity index (χ1v) is 5.37. The van der Waals surface area contributed by atoms with Crippen molar-refractivity contribution in [1.29, 1.82) is 0 Å². The standard InChI is InChI=1S/C11H26N2/c1-5-10(13)7-11(3,4)6-9(2)8-12/h9-10H,5-8,12-13H2,1-4H3. The van der Waals surface area contributed by atoms with Crippen LogP contribution >= 0.6 is 0 Å². The fraction of sp³-hybridized carbons (Fsp3) is 1.00. The second kappa shape index (κ2) is 5.61. The Kier molecular flexibility index (Phi) is 5.57. The molecule has 0 saturated heterocycles. The zero-order valence-electron chi connectivity index (χ0n) is 9.64. The van der Waals surface area contributed by atoms with Crippen LogP contribution in [0.5, 0.6) is 0 Å². The number of rotatable bonds is 6. The van der Waals surface area contributed by atoms with Gasteiger partial charge in [-0.1, -0.05) is 27.7 Å². The van der Waals surface area contributed by atoms with Crippen LogP contribution in [0, 0.1) is 11.3 Å². The van der Waals surface area contributed by atoms with Gasteiger partial charge >= 0.3 is 0 Å². The fourth-order valence-corrected chi connectivity index (χ4v) is 1.96. The molecule has 0 aliphatic rings. The monoisotopic (exact) mass is 186 g/mol. The van der Waals surface area contributed by atoms with Gasteiger partial charge in [0.05, 0.1) is 0 Å². The molecule has 2 heteroatoms. The summed E-state index contributed by atoms with van der Waals surface area (Å²) in [4.78, 5) is 0. The second-order valence-electron chi connectivity index (χ2n) is 5.08. The molecule has 0 aliphatic heterocycles. The lowest BCUT2D eigenvalue weighted by atomic mass is 9.78. The SMILES string of the molecule is CCC(N)CC(C)(C)CC(C)CN. The van der Waals surface area contributed by atoms with Gasteiger partial charge in [-0.05, 0) is 37.1 Å². The summed E-state index contributed by atoms with van der Waals surface area (Å²) in [6, 6.07) is 0.347. The molecule has 0 rings (SSSR count). The Bertz CT molecular complexity index is 118. The van der Waals surface area contributed by atoms with E-state index in [9.17, 15) is 0 Å². The summed E-state index contributed by atoms with van der Waals surface area (Å²) in [5.41, 5.74) is 11.9. The zero-order chi connectivity index (χ0) is 10.5. The average molecular weight is 186 g/mol. The minimum absolute atomic E-state index is 0.341. The minimum Gasteiger partial charge on any atom is -0.330 e. The van der Waals surface area contributed by atoms with Crippen molar-refractivity contribution in [3.8, 4) is 0 Å². The summed E-state index contributed by atoms with van der Waals surface area (Å²) >= 11 is 0. The summed E-state index contributed by atoms with van der Waals surface area (Å²) in [5, 5.41) is 0. The normalized spacial score (nSPS) is 17.1. The molecular weight excluding hydrogens is 160 g/mol. The molecule has 80 valence electrons. The molecule has 13 heavy (non-hydrogen) atoms. The topological polar surface area (TPSA) is 52.0 Å². The fourth-order valence-electron chi connectivity index (χ4n) is 1.96. The van der Waals surface area contributed by atoms with Crippen LogP contribution in [0.2, 0.25) is 0 Å².